The first kappa shape index (κ1) is 13.9. The lowest BCUT2D eigenvalue weighted by atomic mass is 9.79. The molecule has 19 heavy (non-hydrogen) atoms. The molecule has 1 aromatic rings. The summed E-state index contributed by atoms with van der Waals surface area (Å²) >= 11 is 0. The SMILES string of the molecule is C/C=C/C1CC(C)CC1(C)C(=O)Oc1ccccc1. The van der Waals surface area contributed by atoms with Crippen LogP contribution in [0.2, 0.25) is 0 Å². The number of hydrogen-bond acceptors (Lipinski definition) is 2. The van der Waals surface area contributed by atoms with Crippen LogP contribution < -0.4 is 4.74 Å². The summed E-state index contributed by atoms with van der Waals surface area (Å²) in [4.78, 5) is 12.5. The molecule has 1 aromatic carbocycles. The zero-order valence-electron chi connectivity index (χ0n) is 11.9. The molecule has 0 aromatic heterocycles. The summed E-state index contributed by atoms with van der Waals surface area (Å²) in [5, 5.41) is 0. The smallest absolute Gasteiger partial charge is 0.317 e. The van der Waals surface area contributed by atoms with Crippen LogP contribution in [0.15, 0.2) is 42.5 Å². The van der Waals surface area contributed by atoms with Gasteiger partial charge in [0.05, 0.1) is 5.41 Å². The molecular weight excluding hydrogens is 236 g/mol. The van der Waals surface area contributed by atoms with Crippen molar-refractivity contribution in [1.82, 2.24) is 0 Å². The quantitative estimate of drug-likeness (QED) is 0.461. The molecule has 2 nitrogen and oxygen atoms in total. The number of para-hydroxylation sites is 1. The molecule has 1 aliphatic rings. The van der Waals surface area contributed by atoms with Gasteiger partial charge in [0.25, 0.3) is 0 Å². The Morgan fingerprint density at radius 2 is 2.05 bits per heavy atom. The number of esters is 1. The largest absolute Gasteiger partial charge is 0.426 e. The number of rotatable bonds is 3. The second-order valence-corrected chi connectivity index (χ2v) is 5.80. The van der Waals surface area contributed by atoms with Gasteiger partial charge in [0, 0.05) is 0 Å². The van der Waals surface area contributed by atoms with Crippen molar-refractivity contribution in [3.8, 4) is 5.75 Å². The van der Waals surface area contributed by atoms with Gasteiger partial charge in [-0.3, -0.25) is 4.79 Å². The molecule has 0 bridgehead atoms. The highest BCUT2D eigenvalue weighted by Gasteiger charge is 2.47. The van der Waals surface area contributed by atoms with Crippen molar-refractivity contribution in [1.29, 1.82) is 0 Å². The van der Waals surface area contributed by atoms with Gasteiger partial charge in [-0.1, -0.05) is 37.3 Å². The van der Waals surface area contributed by atoms with E-state index in [1.807, 2.05) is 50.3 Å². The summed E-state index contributed by atoms with van der Waals surface area (Å²) in [5.74, 6) is 1.37. The fourth-order valence-electron chi connectivity index (χ4n) is 3.12. The maximum Gasteiger partial charge on any atom is 0.317 e. The minimum Gasteiger partial charge on any atom is -0.426 e. The Labute approximate surface area is 115 Å². The summed E-state index contributed by atoms with van der Waals surface area (Å²) in [5.41, 5.74) is -0.401. The van der Waals surface area contributed by atoms with Crippen molar-refractivity contribution in [3.63, 3.8) is 0 Å². The monoisotopic (exact) mass is 258 g/mol. The molecule has 102 valence electrons. The number of carbonyl (C=O) groups excluding carboxylic acids is 1. The highest BCUT2D eigenvalue weighted by atomic mass is 16.5. The molecule has 3 atom stereocenters. The number of ether oxygens (including phenoxy) is 1. The summed E-state index contributed by atoms with van der Waals surface area (Å²) in [6, 6.07) is 9.32. The minimum absolute atomic E-state index is 0.105. The summed E-state index contributed by atoms with van der Waals surface area (Å²) in [6.45, 7) is 6.25. The van der Waals surface area contributed by atoms with Crippen molar-refractivity contribution < 1.29 is 9.53 Å². The van der Waals surface area contributed by atoms with Gasteiger partial charge in [-0.2, -0.15) is 0 Å². The summed E-state index contributed by atoms with van der Waals surface area (Å²) in [7, 11) is 0. The van der Waals surface area contributed by atoms with E-state index in [1.165, 1.54) is 0 Å². The number of carbonyl (C=O) groups is 1. The van der Waals surface area contributed by atoms with E-state index in [1.54, 1.807) is 0 Å². The predicted octanol–water partition coefficient (Wildman–Crippen LogP) is 4.22. The standard InChI is InChI=1S/C17H22O2/c1-4-8-14-11-13(2)12-17(14,3)16(18)19-15-9-6-5-7-10-15/h4-10,13-14H,11-12H2,1-3H3/b8-4+. The molecule has 2 heteroatoms. The lowest BCUT2D eigenvalue weighted by Gasteiger charge is -2.27. The fraction of sp³-hybridized carbons (Fsp3) is 0.471. The Balaban J connectivity index is 2.16. The number of allylic oxidation sites excluding steroid dienone is 2. The van der Waals surface area contributed by atoms with E-state index in [4.69, 9.17) is 4.74 Å². The van der Waals surface area contributed by atoms with Crippen molar-refractivity contribution in [3.05, 3.63) is 42.5 Å². The third-order valence-electron chi connectivity index (χ3n) is 4.09. The van der Waals surface area contributed by atoms with Crippen LogP contribution in [-0.2, 0) is 4.79 Å². The molecule has 2 rings (SSSR count). The Kier molecular flexibility index (Phi) is 4.08. The molecular formula is C17H22O2. The van der Waals surface area contributed by atoms with Gasteiger partial charge in [-0.15, -0.1) is 0 Å². The lowest BCUT2D eigenvalue weighted by molar-refractivity contribution is -0.146. The van der Waals surface area contributed by atoms with Crippen molar-refractivity contribution in [2.75, 3.05) is 0 Å². The van der Waals surface area contributed by atoms with Gasteiger partial charge in [0.2, 0.25) is 0 Å². The van der Waals surface area contributed by atoms with Gasteiger partial charge < -0.3 is 4.74 Å². The number of benzene rings is 1. The van der Waals surface area contributed by atoms with Crippen LogP contribution in [0.4, 0.5) is 0 Å². The molecule has 1 fully saturated rings. The van der Waals surface area contributed by atoms with Gasteiger partial charge >= 0.3 is 5.97 Å². The minimum atomic E-state index is -0.401. The Morgan fingerprint density at radius 1 is 1.37 bits per heavy atom. The second-order valence-electron chi connectivity index (χ2n) is 5.80. The average molecular weight is 258 g/mol. The Bertz CT molecular complexity index is 463. The van der Waals surface area contributed by atoms with Crippen LogP contribution in [0, 0.1) is 17.3 Å². The first-order valence-electron chi connectivity index (χ1n) is 6.96. The molecule has 0 heterocycles. The first-order chi connectivity index (χ1) is 9.06. The second kappa shape index (κ2) is 5.60. The topological polar surface area (TPSA) is 26.3 Å². The Hall–Kier alpha value is -1.57. The average Bonchev–Trinajstić information content (AvgIpc) is 2.67. The van der Waals surface area contributed by atoms with Crippen LogP contribution in [0.1, 0.15) is 33.6 Å². The van der Waals surface area contributed by atoms with Crippen molar-refractivity contribution in [2.45, 2.75) is 33.6 Å². The molecule has 0 saturated heterocycles. The third kappa shape index (κ3) is 2.89. The van der Waals surface area contributed by atoms with Crippen molar-refractivity contribution >= 4 is 5.97 Å². The van der Waals surface area contributed by atoms with Gasteiger partial charge in [0.15, 0.2) is 0 Å². The Morgan fingerprint density at radius 3 is 2.68 bits per heavy atom. The highest BCUT2D eigenvalue weighted by Crippen LogP contribution is 2.47. The normalized spacial score (nSPS) is 30.7. The van der Waals surface area contributed by atoms with Crippen LogP contribution in [0.3, 0.4) is 0 Å². The maximum atomic E-state index is 12.5. The van der Waals surface area contributed by atoms with E-state index in [-0.39, 0.29) is 11.9 Å². The van der Waals surface area contributed by atoms with Gasteiger partial charge in [-0.25, -0.2) is 0 Å². The molecule has 0 spiro atoms. The van der Waals surface area contributed by atoms with E-state index < -0.39 is 5.41 Å². The van der Waals surface area contributed by atoms with E-state index in [9.17, 15) is 4.79 Å². The zero-order valence-corrected chi connectivity index (χ0v) is 11.9. The molecule has 1 saturated carbocycles. The first-order valence-corrected chi connectivity index (χ1v) is 6.96. The van der Waals surface area contributed by atoms with Crippen LogP contribution in [0.5, 0.6) is 5.75 Å². The molecule has 0 N–H and O–H groups in total. The van der Waals surface area contributed by atoms with Gasteiger partial charge in [0.1, 0.15) is 5.75 Å². The van der Waals surface area contributed by atoms with E-state index in [2.05, 4.69) is 13.0 Å². The van der Waals surface area contributed by atoms with Crippen LogP contribution >= 0.6 is 0 Å². The molecule has 0 amide bonds. The highest BCUT2D eigenvalue weighted by molar-refractivity contribution is 5.80. The summed E-state index contributed by atoms with van der Waals surface area (Å²) < 4.78 is 5.55. The third-order valence-corrected chi connectivity index (χ3v) is 4.09. The van der Waals surface area contributed by atoms with Crippen molar-refractivity contribution in [2.24, 2.45) is 17.3 Å². The van der Waals surface area contributed by atoms with Gasteiger partial charge in [-0.05, 0) is 50.7 Å². The van der Waals surface area contributed by atoms with E-state index in [0.29, 0.717) is 11.7 Å². The summed E-state index contributed by atoms with van der Waals surface area (Å²) in [6.07, 6.45) is 6.14. The van der Waals surface area contributed by atoms with E-state index in [0.717, 1.165) is 12.8 Å². The predicted molar refractivity (Wildman–Crippen MR) is 76.9 cm³/mol. The van der Waals surface area contributed by atoms with Crippen LogP contribution in [0.25, 0.3) is 0 Å². The number of hydrogen-bond donors (Lipinski definition) is 0. The maximum absolute atomic E-state index is 12.5. The van der Waals surface area contributed by atoms with Crippen LogP contribution in [-0.4, -0.2) is 5.97 Å². The molecule has 1 aliphatic carbocycles. The lowest BCUT2D eigenvalue weighted by Crippen LogP contribution is -2.34. The zero-order chi connectivity index (χ0) is 13.9. The fourth-order valence-corrected chi connectivity index (χ4v) is 3.12. The van der Waals surface area contributed by atoms with E-state index >= 15 is 0 Å². The molecule has 0 aliphatic heterocycles. The molecule has 0 radical (unpaired) electrons. The molecule has 3 unspecified atom stereocenters.